The molecule has 1 amide bonds. The number of aryl methyl sites for hydroxylation is 1. The third-order valence-electron chi connectivity index (χ3n) is 4.40. The smallest absolute Gasteiger partial charge is 0.251 e. The van der Waals surface area contributed by atoms with Crippen LogP contribution in [-0.2, 0) is 7.05 Å². The van der Waals surface area contributed by atoms with E-state index in [0.29, 0.717) is 18.0 Å². The van der Waals surface area contributed by atoms with E-state index >= 15 is 0 Å². The molecule has 126 valence electrons. The van der Waals surface area contributed by atoms with Crippen molar-refractivity contribution < 1.29 is 4.79 Å². The Kier molecular flexibility index (Phi) is 4.90. The van der Waals surface area contributed by atoms with Crippen LogP contribution in [0, 0.1) is 5.92 Å². The monoisotopic (exact) mass is 345 g/mol. The number of aromatic nitrogens is 1. The van der Waals surface area contributed by atoms with Gasteiger partial charge in [0.2, 0.25) is 0 Å². The van der Waals surface area contributed by atoms with Crippen LogP contribution in [0.4, 0.5) is 5.69 Å². The zero-order chi connectivity index (χ0) is 17.1. The Balaban J connectivity index is 1.54. The van der Waals surface area contributed by atoms with Crippen LogP contribution in [0.5, 0.6) is 0 Å². The highest BCUT2D eigenvalue weighted by molar-refractivity contribution is 6.30. The Hall–Kier alpha value is -2.27. The molecule has 5 nitrogen and oxygen atoms in total. The third kappa shape index (κ3) is 3.79. The summed E-state index contributed by atoms with van der Waals surface area (Å²) in [6, 6.07) is 10.8. The minimum Gasteiger partial charge on any atom is -0.371 e. The number of carbonyl (C=O) groups is 1. The first kappa shape index (κ1) is 16.6. The van der Waals surface area contributed by atoms with Gasteiger partial charge in [-0.25, -0.2) is 0 Å². The lowest BCUT2D eigenvalue weighted by atomic mass is 10.1. The molecule has 2 aromatic rings. The Bertz CT molecular complexity index is 786. The van der Waals surface area contributed by atoms with E-state index in [0.717, 1.165) is 30.2 Å². The largest absolute Gasteiger partial charge is 0.371 e. The number of pyridine rings is 1. The normalized spacial score (nSPS) is 17.1. The van der Waals surface area contributed by atoms with Crippen LogP contribution in [-0.4, -0.2) is 30.1 Å². The van der Waals surface area contributed by atoms with Crippen LogP contribution in [0.1, 0.15) is 16.8 Å². The summed E-state index contributed by atoms with van der Waals surface area (Å²) in [7, 11) is 1.66. The fourth-order valence-corrected chi connectivity index (χ4v) is 3.04. The van der Waals surface area contributed by atoms with E-state index in [4.69, 9.17) is 11.6 Å². The van der Waals surface area contributed by atoms with E-state index in [2.05, 4.69) is 10.2 Å². The molecule has 24 heavy (non-hydrogen) atoms. The molecule has 0 saturated carbocycles. The Morgan fingerprint density at radius 2 is 2.04 bits per heavy atom. The quantitative estimate of drug-likeness (QED) is 0.925. The molecule has 0 aliphatic carbocycles. The van der Waals surface area contributed by atoms with Crippen LogP contribution in [0.3, 0.4) is 0 Å². The van der Waals surface area contributed by atoms with Crippen molar-refractivity contribution in [3.63, 3.8) is 0 Å². The van der Waals surface area contributed by atoms with Crippen molar-refractivity contribution in [2.24, 2.45) is 13.0 Å². The van der Waals surface area contributed by atoms with Gasteiger partial charge < -0.3 is 14.8 Å². The first-order chi connectivity index (χ1) is 11.5. The van der Waals surface area contributed by atoms with Crippen LogP contribution in [0.15, 0.2) is 47.4 Å². The zero-order valence-electron chi connectivity index (χ0n) is 13.5. The molecular weight excluding hydrogens is 326 g/mol. The van der Waals surface area contributed by atoms with E-state index in [-0.39, 0.29) is 11.5 Å². The standard InChI is InChI=1S/C18H20ClN3O2/c1-21-8-7-14(10-17(21)23)18(24)20-11-13-6-9-22(12-13)16-4-2-15(19)3-5-16/h2-5,7-8,10,13H,6,9,11-12H2,1H3,(H,20,24)/t13-/m1/s1. The summed E-state index contributed by atoms with van der Waals surface area (Å²) in [5, 5.41) is 3.67. The van der Waals surface area contributed by atoms with Crippen molar-refractivity contribution in [2.45, 2.75) is 6.42 Å². The lowest BCUT2D eigenvalue weighted by molar-refractivity contribution is 0.0948. The molecule has 2 heterocycles. The summed E-state index contributed by atoms with van der Waals surface area (Å²) in [6.45, 7) is 2.48. The lowest BCUT2D eigenvalue weighted by Crippen LogP contribution is -2.32. The van der Waals surface area contributed by atoms with Crippen LogP contribution in [0.25, 0.3) is 0 Å². The summed E-state index contributed by atoms with van der Waals surface area (Å²) in [5.41, 5.74) is 1.38. The van der Waals surface area contributed by atoms with Crippen LogP contribution in [0.2, 0.25) is 5.02 Å². The van der Waals surface area contributed by atoms with Gasteiger partial charge in [-0.3, -0.25) is 9.59 Å². The molecule has 6 heteroatoms. The minimum atomic E-state index is -0.197. The zero-order valence-corrected chi connectivity index (χ0v) is 14.3. The molecule has 0 bridgehead atoms. The van der Waals surface area contributed by atoms with E-state index in [1.807, 2.05) is 24.3 Å². The topological polar surface area (TPSA) is 54.3 Å². The fourth-order valence-electron chi connectivity index (χ4n) is 2.91. The van der Waals surface area contributed by atoms with Gasteiger partial charge in [-0.1, -0.05) is 11.6 Å². The highest BCUT2D eigenvalue weighted by Gasteiger charge is 2.23. The summed E-state index contributed by atoms with van der Waals surface area (Å²) < 4.78 is 1.44. The van der Waals surface area contributed by atoms with Gasteiger partial charge in [0.1, 0.15) is 0 Å². The number of halogens is 1. The van der Waals surface area contributed by atoms with Crippen molar-refractivity contribution in [2.75, 3.05) is 24.5 Å². The van der Waals surface area contributed by atoms with Gasteiger partial charge >= 0.3 is 0 Å². The van der Waals surface area contributed by atoms with Crippen molar-refractivity contribution in [3.8, 4) is 0 Å². The maximum Gasteiger partial charge on any atom is 0.251 e. The highest BCUT2D eigenvalue weighted by atomic mass is 35.5. The van der Waals surface area contributed by atoms with Gasteiger partial charge in [0.15, 0.2) is 0 Å². The molecule has 1 aliphatic rings. The lowest BCUT2D eigenvalue weighted by Gasteiger charge is -2.19. The molecule has 0 radical (unpaired) electrons. The molecule has 1 aliphatic heterocycles. The van der Waals surface area contributed by atoms with Gasteiger partial charge in [-0.15, -0.1) is 0 Å². The van der Waals surface area contributed by atoms with E-state index in [9.17, 15) is 9.59 Å². The van der Waals surface area contributed by atoms with Gasteiger partial charge in [-0.05, 0) is 42.7 Å². The molecule has 1 fully saturated rings. The van der Waals surface area contributed by atoms with E-state index < -0.39 is 0 Å². The van der Waals surface area contributed by atoms with Crippen molar-refractivity contribution in [3.05, 3.63) is 63.5 Å². The van der Waals surface area contributed by atoms with Crippen LogP contribution >= 0.6 is 11.6 Å². The maximum atomic E-state index is 12.2. The number of hydrogen-bond acceptors (Lipinski definition) is 3. The summed E-state index contributed by atoms with van der Waals surface area (Å²) in [6.07, 6.45) is 2.63. The average molecular weight is 346 g/mol. The second kappa shape index (κ2) is 7.09. The van der Waals surface area contributed by atoms with Gasteiger partial charge in [0.25, 0.3) is 11.5 Å². The van der Waals surface area contributed by atoms with Crippen molar-refractivity contribution in [1.82, 2.24) is 9.88 Å². The van der Waals surface area contributed by atoms with E-state index in [1.54, 1.807) is 19.3 Å². The molecule has 0 unspecified atom stereocenters. The Morgan fingerprint density at radius 3 is 2.75 bits per heavy atom. The number of benzene rings is 1. The molecule has 3 rings (SSSR count). The predicted molar refractivity (Wildman–Crippen MR) is 95.8 cm³/mol. The molecule has 1 aromatic heterocycles. The number of nitrogens with one attached hydrogen (secondary N) is 1. The molecule has 0 spiro atoms. The summed E-state index contributed by atoms with van der Waals surface area (Å²) >= 11 is 5.92. The average Bonchev–Trinajstić information content (AvgIpc) is 3.05. The van der Waals surface area contributed by atoms with E-state index in [1.165, 1.54) is 10.6 Å². The van der Waals surface area contributed by atoms with Gasteiger partial charge in [-0.2, -0.15) is 0 Å². The number of amides is 1. The van der Waals surface area contributed by atoms with Gasteiger partial charge in [0, 0.05) is 55.2 Å². The Labute approximate surface area is 145 Å². The summed E-state index contributed by atoms with van der Waals surface area (Å²) in [5.74, 6) is 0.203. The number of carbonyl (C=O) groups excluding carboxylic acids is 1. The minimum absolute atomic E-state index is 0.183. The predicted octanol–water partition coefficient (Wildman–Crippen LogP) is 2.30. The molecule has 1 N–H and O–H groups in total. The number of nitrogens with zero attached hydrogens (tertiary/aromatic N) is 2. The maximum absolute atomic E-state index is 12.2. The third-order valence-corrected chi connectivity index (χ3v) is 4.65. The molecular formula is C18H20ClN3O2. The molecule has 1 atom stereocenters. The number of hydrogen-bond donors (Lipinski definition) is 1. The second-order valence-electron chi connectivity index (χ2n) is 6.15. The van der Waals surface area contributed by atoms with Crippen LogP contribution < -0.4 is 15.8 Å². The van der Waals surface area contributed by atoms with Crippen molar-refractivity contribution >= 4 is 23.2 Å². The second-order valence-corrected chi connectivity index (χ2v) is 6.59. The highest BCUT2D eigenvalue weighted by Crippen LogP contribution is 2.24. The van der Waals surface area contributed by atoms with Gasteiger partial charge in [0.05, 0.1) is 0 Å². The summed E-state index contributed by atoms with van der Waals surface area (Å²) in [4.78, 5) is 26.1. The fraction of sp³-hybridized carbons (Fsp3) is 0.333. The first-order valence-corrected chi connectivity index (χ1v) is 8.36. The first-order valence-electron chi connectivity index (χ1n) is 7.98. The number of rotatable bonds is 4. The SMILES string of the molecule is Cn1ccc(C(=O)NC[C@H]2CCN(c3ccc(Cl)cc3)C2)cc1=O. The molecule has 1 saturated heterocycles. The molecule has 1 aromatic carbocycles. The van der Waals surface area contributed by atoms with Crippen molar-refractivity contribution in [1.29, 1.82) is 0 Å². The number of anilines is 1. The Morgan fingerprint density at radius 1 is 1.29 bits per heavy atom.